The number of aromatic nitrogens is 3. The average Bonchev–Trinajstić information content (AvgIpc) is 2.86. The number of carbonyl (C=O) groups excluding carboxylic acids is 1. The normalized spacial score (nSPS) is 23.6. The lowest BCUT2D eigenvalue weighted by molar-refractivity contribution is 0.0883. The molecule has 0 aromatic carbocycles. The molecule has 112 valence electrons. The number of amides is 1. The molecular weight excluding hydrogens is 252 g/mol. The van der Waals surface area contributed by atoms with Crippen LogP contribution in [0.4, 0.5) is 0 Å². The van der Waals surface area contributed by atoms with Crippen molar-refractivity contribution in [1.29, 1.82) is 0 Å². The first-order chi connectivity index (χ1) is 9.42. The van der Waals surface area contributed by atoms with E-state index in [4.69, 9.17) is 0 Å². The SMILES string of the molecule is CCC(C)(C)C1CCC(NC(=O)c2n[nH]c(C)n2)CC1. The Balaban J connectivity index is 1.84. The topological polar surface area (TPSA) is 70.7 Å². The van der Waals surface area contributed by atoms with Crippen LogP contribution in [0.2, 0.25) is 0 Å². The number of H-pyrrole nitrogens is 1. The van der Waals surface area contributed by atoms with E-state index in [1.54, 1.807) is 6.92 Å². The smallest absolute Gasteiger partial charge is 0.291 e. The van der Waals surface area contributed by atoms with Gasteiger partial charge in [-0.15, -0.1) is 5.10 Å². The molecule has 1 aromatic rings. The lowest BCUT2D eigenvalue weighted by Gasteiger charge is -2.39. The Kier molecular flexibility index (Phi) is 4.45. The van der Waals surface area contributed by atoms with Crippen molar-refractivity contribution in [3.05, 3.63) is 11.6 Å². The third kappa shape index (κ3) is 3.38. The minimum Gasteiger partial charge on any atom is -0.347 e. The van der Waals surface area contributed by atoms with Gasteiger partial charge in [-0.1, -0.05) is 27.2 Å². The zero-order valence-corrected chi connectivity index (χ0v) is 13.0. The van der Waals surface area contributed by atoms with Gasteiger partial charge in [0.1, 0.15) is 5.82 Å². The van der Waals surface area contributed by atoms with E-state index in [2.05, 4.69) is 41.3 Å². The van der Waals surface area contributed by atoms with Crippen LogP contribution >= 0.6 is 0 Å². The molecule has 1 aliphatic carbocycles. The van der Waals surface area contributed by atoms with Crippen LogP contribution in [0.25, 0.3) is 0 Å². The van der Waals surface area contributed by atoms with Crippen molar-refractivity contribution < 1.29 is 4.79 Å². The Hall–Kier alpha value is -1.39. The Morgan fingerprint density at radius 2 is 2.00 bits per heavy atom. The molecule has 0 atom stereocenters. The van der Waals surface area contributed by atoms with Gasteiger partial charge in [-0.2, -0.15) is 0 Å². The third-order valence-electron chi connectivity index (χ3n) is 4.88. The molecule has 1 amide bonds. The second-order valence-electron chi connectivity index (χ2n) is 6.61. The minimum atomic E-state index is -0.160. The van der Waals surface area contributed by atoms with Crippen LogP contribution in [0.5, 0.6) is 0 Å². The summed E-state index contributed by atoms with van der Waals surface area (Å²) in [7, 11) is 0. The molecule has 1 saturated carbocycles. The molecule has 2 rings (SSSR count). The zero-order chi connectivity index (χ0) is 14.8. The summed E-state index contributed by atoms with van der Waals surface area (Å²) in [6.45, 7) is 8.77. The molecule has 1 fully saturated rings. The average molecular weight is 278 g/mol. The molecule has 5 nitrogen and oxygen atoms in total. The van der Waals surface area contributed by atoms with Gasteiger partial charge in [0.15, 0.2) is 0 Å². The molecule has 1 aromatic heterocycles. The summed E-state index contributed by atoms with van der Waals surface area (Å²) in [5.74, 6) is 1.53. The maximum Gasteiger partial charge on any atom is 0.291 e. The van der Waals surface area contributed by atoms with Gasteiger partial charge in [-0.3, -0.25) is 9.89 Å². The van der Waals surface area contributed by atoms with Gasteiger partial charge in [-0.05, 0) is 43.9 Å². The number of aromatic amines is 1. The molecule has 0 aliphatic heterocycles. The summed E-state index contributed by atoms with van der Waals surface area (Å²) in [6, 6.07) is 0.269. The molecule has 2 N–H and O–H groups in total. The second-order valence-corrected chi connectivity index (χ2v) is 6.61. The number of nitrogens with zero attached hydrogens (tertiary/aromatic N) is 2. The highest BCUT2D eigenvalue weighted by atomic mass is 16.2. The summed E-state index contributed by atoms with van der Waals surface area (Å²) in [5.41, 5.74) is 0.413. The number of aryl methyl sites for hydroxylation is 1. The van der Waals surface area contributed by atoms with Gasteiger partial charge in [-0.25, -0.2) is 4.98 Å². The molecular formula is C15H26N4O. The summed E-state index contributed by atoms with van der Waals surface area (Å²) < 4.78 is 0. The maximum atomic E-state index is 12.0. The van der Waals surface area contributed by atoms with E-state index in [9.17, 15) is 4.79 Å². The van der Waals surface area contributed by atoms with Crippen molar-refractivity contribution >= 4 is 5.91 Å². The second kappa shape index (κ2) is 5.94. The van der Waals surface area contributed by atoms with E-state index in [1.807, 2.05) is 0 Å². The summed E-state index contributed by atoms with van der Waals surface area (Å²) >= 11 is 0. The fourth-order valence-corrected chi connectivity index (χ4v) is 3.00. The standard InChI is InChI=1S/C15H26N4O/c1-5-15(3,4)11-6-8-12(9-7-11)17-14(20)13-16-10(2)18-19-13/h11-12H,5-9H2,1-4H3,(H,17,20)(H,16,18,19). The van der Waals surface area contributed by atoms with Gasteiger partial charge >= 0.3 is 0 Å². The van der Waals surface area contributed by atoms with Gasteiger partial charge in [0.2, 0.25) is 5.82 Å². The Morgan fingerprint density at radius 1 is 1.35 bits per heavy atom. The fraction of sp³-hybridized carbons (Fsp3) is 0.800. The Morgan fingerprint density at radius 3 is 2.50 bits per heavy atom. The number of hydrogen-bond acceptors (Lipinski definition) is 3. The number of nitrogens with one attached hydrogen (secondary N) is 2. The van der Waals surface area contributed by atoms with Crippen molar-refractivity contribution in [1.82, 2.24) is 20.5 Å². The first kappa shape index (κ1) is 15.0. The highest BCUT2D eigenvalue weighted by Gasteiger charge is 2.32. The number of rotatable bonds is 4. The van der Waals surface area contributed by atoms with Crippen LogP contribution in [-0.4, -0.2) is 27.1 Å². The van der Waals surface area contributed by atoms with E-state index >= 15 is 0 Å². The van der Waals surface area contributed by atoms with Gasteiger partial charge in [0.25, 0.3) is 5.91 Å². The van der Waals surface area contributed by atoms with Crippen LogP contribution in [-0.2, 0) is 0 Å². The van der Waals surface area contributed by atoms with Crippen LogP contribution in [0.1, 0.15) is 69.3 Å². The van der Waals surface area contributed by atoms with E-state index in [1.165, 1.54) is 19.3 Å². The Labute approximate surface area is 120 Å². The molecule has 5 heteroatoms. The first-order valence-electron chi connectivity index (χ1n) is 7.62. The highest BCUT2D eigenvalue weighted by molar-refractivity contribution is 5.90. The van der Waals surface area contributed by atoms with Crippen LogP contribution in [0.15, 0.2) is 0 Å². The Bertz CT molecular complexity index is 458. The van der Waals surface area contributed by atoms with Crippen molar-refractivity contribution in [2.75, 3.05) is 0 Å². The summed E-state index contributed by atoms with van der Waals surface area (Å²) in [5, 5.41) is 9.65. The van der Waals surface area contributed by atoms with Crippen LogP contribution < -0.4 is 5.32 Å². The predicted octanol–water partition coefficient (Wildman–Crippen LogP) is 2.84. The predicted molar refractivity (Wildman–Crippen MR) is 78.4 cm³/mol. The van der Waals surface area contributed by atoms with Crippen molar-refractivity contribution in [3.8, 4) is 0 Å². The first-order valence-corrected chi connectivity index (χ1v) is 7.62. The maximum absolute atomic E-state index is 12.0. The zero-order valence-electron chi connectivity index (χ0n) is 13.0. The lowest BCUT2D eigenvalue weighted by Crippen LogP contribution is -2.40. The number of hydrogen-bond donors (Lipinski definition) is 2. The van der Waals surface area contributed by atoms with Crippen molar-refractivity contribution in [2.24, 2.45) is 11.3 Å². The fourth-order valence-electron chi connectivity index (χ4n) is 3.00. The van der Waals surface area contributed by atoms with E-state index in [0.717, 1.165) is 18.8 Å². The summed E-state index contributed by atoms with van der Waals surface area (Å²) in [4.78, 5) is 16.1. The van der Waals surface area contributed by atoms with Gasteiger partial charge < -0.3 is 5.32 Å². The number of carbonyl (C=O) groups is 1. The van der Waals surface area contributed by atoms with Gasteiger partial charge in [0, 0.05) is 6.04 Å². The van der Waals surface area contributed by atoms with E-state index < -0.39 is 0 Å². The molecule has 0 bridgehead atoms. The van der Waals surface area contributed by atoms with Gasteiger partial charge in [0.05, 0.1) is 0 Å². The molecule has 1 heterocycles. The highest BCUT2D eigenvalue weighted by Crippen LogP contribution is 2.40. The monoisotopic (exact) mass is 278 g/mol. The largest absolute Gasteiger partial charge is 0.347 e. The molecule has 0 saturated heterocycles. The quantitative estimate of drug-likeness (QED) is 0.889. The minimum absolute atomic E-state index is 0.160. The van der Waals surface area contributed by atoms with E-state index in [-0.39, 0.29) is 17.8 Å². The molecule has 0 radical (unpaired) electrons. The van der Waals surface area contributed by atoms with E-state index in [0.29, 0.717) is 11.2 Å². The molecule has 20 heavy (non-hydrogen) atoms. The van der Waals surface area contributed by atoms with Crippen LogP contribution in [0.3, 0.4) is 0 Å². The van der Waals surface area contributed by atoms with Crippen LogP contribution in [0, 0.1) is 18.3 Å². The molecule has 1 aliphatic rings. The molecule has 0 spiro atoms. The summed E-state index contributed by atoms with van der Waals surface area (Å²) in [6.07, 6.45) is 5.72. The molecule has 0 unspecified atom stereocenters. The third-order valence-corrected chi connectivity index (χ3v) is 4.88. The lowest BCUT2D eigenvalue weighted by atomic mass is 9.69. The van der Waals surface area contributed by atoms with Crippen molar-refractivity contribution in [3.63, 3.8) is 0 Å². The van der Waals surface area contributed by atoms with Crippen molar-refractivity contribution in [2.45, 2.75) is 65.8 Å².